The van der Waals surface area contributed by atoms with Gasteiger partial charge in [0, 0.05) is 0 Å². The number of allylic oxidation sites excluding steroid dienone is 4. The second kappa shape index (κ2) is 23.8. The average Bonchev–Trinajstić information content (AvgIpc) is 3.41. The number of hydrogen-bond acceptors (Lipinski definition) is 0. The molecule has 0 aromatic heterocycles. The molecule has 384 valence electrons. The molecular weight excluding hydrogens is 817 g/mol. The molecule has 0 aromatic rings. The first-order valence-electron chi connectivity index (χ1n) is 33.0. The van der Waals surface area contributed by atoms with Crippen molar-refractivity contribution in [3.63, 3.8) is 0 Å². The minimum Gasteiger partial charge on any atom is -0.0814 e. The van der Waals surface area contributed by atoms with E-state index < -0.39 is 0 Å². The molecule has 12 atom stereocenters. The molecule has 11 aliphatic rings. The van der Waals surface area contributed by atoms with Crippen LogP contribution in [-0.4, -0.2) is 0 Å². The lowest BCUT2D eigenvalue weighted by Crippen LogP contribution is -2.43. The van der Waals surface area contributed by atoms with Crippen LogP contribution in [0.3, 0.4) is 0 Å². The average molecular weight is 930 g/mol. The first kappa shape index (κ1) is 49.7. The summed E-state index contributed by atoms with van der Waals surface area (Å²) < 4.78 is 0. The molecule has 0 saturated heterocycles. The molecular formula is C68H112. The molecule has 11 rings (SSSR count). The standard InChI is InChI=1S/C68H112/c1-47-43-66(56-37-33-54(34-38-56)62-42-40-58(60-28-16-18-30-64(60)62)46-68(51-23-11-5-12-24-51)52-25-13-6-14-26-52)48(2)44-65(47)55-35-31-53(32-36-55)61-41-39-57(59-27-15-17-29-63(59)61)45-67(49-19-7-3-8-20-49)50-21-9-4-10-22-50/h45-66H,3-44H2,1-2H3. The van der Waals surface area contributed by atoms with Crippen molar-refractivity contribution in [2.75, 3.05) is 0 Å². The minimum atomic E-state index is 0.931. The quantitative estimate of drug-likeness (QED) is 0.192. The SMILES string of the molecule is CC1CC(C2CCC(C3CCC(C=C(C4CCCCC4)C4CCCCC4)C4CCCCC43)CC2)C(C)CC1C1CCC(C2CCC(C=C(C3CCCCC3)C3CCCCC3)C3CCCCC32)CC1. The van der Waals surface area contributed by atoms with Gasteiger partial charge in [-0.2, -0.15) is 0 Å². The molecule has 0 N–H and O–H groups in total. The Bertz CT molecular complexity index is 1410. The van der Waals surface area contributed by atoms with Crippen molar-refractivity contribution in [2.24, 2.45) is 118 Å². The van der Waals surface area contributed by atoms with E-state index in [1.807, 2.05) is 11.1 Å². The third-order valence-corrected chi connectivity index (χ3v) is 25.5. The van der Waals surface area contributed by atoms with Crippen LogP contribution >= 0.6 is 0 Å². The van der Waals surface area contributed by atoms with Crippen LogP contribution in [0.2, 0.25) is 0 Å². The zero-order chi connectivity index (χ0) is 45.8. The smallest absolute Gasteiger partial charge is 0.0199 e. The highest BCUT2D eigenvalue weighted by molar-refractivity contribution is 5.18. The van der Waals surface area contributed by atoms with Crippen LogP contribution in [-0.2, 0) is 0 Å². The number of hydrogen-bond donors (Lipinski definition) is 0. The van der Waals surface area contributed by atoms with Gasteiger partial charge >= 0.3 is 0 Å². The van der Waals surface area contributed by atoms with Gasteiger partial charge in [-0.1, -0.05) is 140 Å². The van der Waals surface area contributed by atoms with E-state index in [1.165, 1.54) is 141 Å². The summed E-state index contributed by atoms with van der Waals surface area (Å²) >= 11 is 0. The second-order valence-corrected chi connectivity index (χ2v) is 28.8. The monoisotopic (exact) mass is 929 g/mol. The van der Waals surface area contributed by atoms with E-state index in [0.717, 1.165) is 118 Å². The Hall–Kier alpha value is -0.520. The third-order valence-electron chi connectivity index (χ3n) is 25.5. The molecule has 11 fully saturated rings. The largest absolute Gasteiger partial charge is 0.0814 e. The Labute approximate surface area is 423 Å². The van der Waals surface area contributed by atoms with Crippen LogP contribution in [0.4, 0.5) is 0 Å². The van der Waals surface area contributed by atoms with Crippen molar-refractivity contribution >= 4 is 0 Å². The molecule has 0 aliphatic heterocycles. The highest BCUT2D eigenvalue weighted by atomic mass is 14.5. The van der Waals surface area contributed by atoms with Crippen molar-refractivity contribution in [2.45, 2.75) is 284 Å². The summed E-state index contributed by atoms with van der Waals surface area (Å²) in [6.45, 7) is 5.53. The fourth-order valence-corrected chi connectivity index (χ4v) is 22.2. The van der Waals surface area contributed by atoms with E-state index in [4.69, 9.17) is 0 Å². The zero-order valence-corrected chi connectivity index (χ0v) is 45.4. The summed E-state index contributed by atoms with van der Waals surface area (Å²) in [5.41, 5.74) is 4.07. The van der Waals surface area contributed by atoms with Crippen LogP contribution < -0.4 is 0 Å². The molecule has 68 heavy (non-hydrogen) atoms. The van der Waals surface area contributed by atoms with E-state index in [-0.39, 0.29) is 0 Å². The van der Waals surface area contributed by atoms with Crippen LogP contribution in [0, 0.1) is 118 Å². The van der Waals surface area contributed by atoms with Gasteiger partial charge in [-0.15, -0.1) is 0 Å². The van der Waals surface area contributed by atoms with Crippen LogP contribution in [0.15, 0.2) is 23.3 Å². The Morgan fingerprint density at radius 2 is 0.500 bits per heavy atom. The lowest BCUT2D eigenvalue weighted by atomic mass is 9.53. The Balaban J connectivity index is 0.667. The molecule has 0 heterocycles. The van der Waals surface area contributed by atoms with E-state index in [9.17, 15) is 0 Å². The highest BCUT2D eigenvalue weighted by Crippen LogP contribution is 2.58. The van der Waals surface area contributed by atoms with Crippen LogP contribution in [0.5, 0.6) is 0 Å². The first-order chi connectivity index (χ1) is 33.6. The molecule has 0 bridgehead atoms. The summed E-state index contributed by atoms with van der Waals surface area (Å²) in [6, 6.07) is 0. The molecule has 0 aromatic carbocycles. The molecule has 11 aliphatic carbocycles. The summed E-state index contributed by atoms with van der Waals surface area (Å²) in [5, 5.41) is 0. The van der Waals surface area contributed by atoms with Gasteiger partial charge in [0.15, 0.2) is 0 Å². The van der Waals surface area contributed by atoms with Crippen molar-refractivity contribution in [1.82, 2.24) is 0 Å². The van der Waals surface area contributed by atoms with E-state index in [0.29, 0.717) is 0 Å². The summed E-state index contributed by atoms with van der Waals surface area (Å²) in [7, 11) is 0. The second-order valence-electron chi connectivity index (χ2n) is 28.8. The molecule has 0 spiro atoms. The third kappa shape index (κ3) is 11.3. The van der Waals surface area contributed by atoms with Gasteiger partial charge < -0.3 is 0 Å². The van der Waals surface area contributed by atoms with Gasteiger partial charge in [0.05, 0.1) is 0 Å². The van der Waals surface area contributed by atoms with E-state index in [1.54, 1.807) is 128 Å². The predicted molar refractivity (Wildman–Crippen MR) is 291 cm³/mol. The van der Waals surface area contributed by atoms with E-state index >= 15 is 0 Å². The normalized spacial score (nSPS) is 44.3. The lowest BCUT2D eigenvalue weighted by Gasteiger charge is -2.52. The van der Waals surface area contributed by atoms with Gasteiger partial charge in [0.1, 0.15) is 0 Å². The van der Waals surface area contributed by atoms with Crippen molar-refractivity contribution < 1.29 is 0 Å². The Morgan fingerprint density at radius 3 is 0.809 bits per heavy atom. The fraction of sp³-hybridized carbons (Fsp3) is 0.941. The first-order valence-corrected chi connectivity index (χ1v) is 33.0. The van der Waals surface area contributed by atoms with Crippen LogP contribution in [0.1, 0.15) is 284 Å². The molecule has 0 amide bonds. The van der Waals surface area contributed by atoms with Crippen molar-refractivity contribution in [3.05, 3.63) is 23.3 Å². The number of fused-ring (bicyclic) bond motifs is 2. The Kier molecular flexibility index (Phi) is 17.4. The van der Waals surface area contributed by atoms with E-state index in [2.05, 4.69) is 26.0 Å². The predicted octanol–water partition coefficient (Wildman–Crippen LogP) is 20.7. The fourth-order valence-electron chi connectivity index (χ4n) is 22.2. The van der Waals surface area contributed by atoms with Gasteiger partial charge in [-0.25, -0.2) is 0 Å². The molecule has 0 nitrogen and oxygen atoms in total. The maximum Gasteiger partial charge on any atom is -0.0199 e. The maximum atomic E-state index is 3.08. The molecule has 11 saturated carbocycles. The number of rotatable bonds is 10. The maximum absolute atomic E-state index is 3.08. The zero-order valence-electron chi connectivity index (χ0n) is 45.4. The van der Waals surface area contributed by atoms with Gasteiger partial charge in [-0.3, -0.25) is 0 Å². The van der Waals surface area contributed by atoms with Crippen LogP contribution in [0.25, 0.3) is 0 Å². The van der Waals surface area contributed by atoms with Gasteiger partial charge in [-0.05, 0) is 285 Å². The van der Waals surface area contributed by atoms with Gasteiger partial charge in [0.25, 0.3) is 0 Å². The summed E-state index contributed by atoms with van der Waals surface area (Å²) in [6.07, 6.45) is 71.1. The lowest BCUT2D eigenvalue weighted by molar-refractivity contribution is -0.0115. The summed E-state index contributed by atoms with van der Waals surface area (Å²) in [5.74, 6) is 20.3. The Morgan fingerprint density at radius 1 is 0.235 bits per heavy atom. The minimum absolute atomic E-state index is 0.931. The topological polar surface area (TPSA) is 0 Å². The molecule has 12 unspecified atom stereocenters. The molecule has 0 radical (unpaired) electrons. The van der Waals surface area contributed by atoms with Crippen molar-refractivity contribution in [3.8, 4) is 0 Å². The van der Waals surface area contributed by atoms with Crippen molar-refractivity contribution in [1.29, 1.82) is 0 Å². The highest BCUT2D eigenvalue weighted by Gasteiger charge is 2.48. The summed E-state index contributed by atoms with van der Waals surface area (Å²) in [4.78, 5) is 0. The van der Waals surface area contributed by atoms with Gasteiger partial charge in [0.2, 0.25) is 0 Å². The molecule has 0 heteroatoms.